The normalized spacial score (nSPS) is 12.6. The number of benzene rings is 1. The average molecular weight is 359 g/mol. The number of nitrogens with one attached hydrogen (secondary N) is 1. The van der Waals surface area contributed by atoms with E-state index in [0.717, 1.165) is 4.57 Å². The quantitative estimate of drug-likeness (QED) is 0.510. The number of imidazole rings is 1. The molecule has 3 aromatic rings. The number of fused-ring (bicyclic) bond motifs is 1. The Morgan fingerprint density at radius 3 is 2.54 bits per heavy atom. The Morgan fingerprint density at radius 1 is 1.15 bits per heavy atom. The third kappa shape index (κ3) is 3.26. The maximum absolute atomic E-state index is 12.3. The minimum Gasteiger partial charge on any atom is -0.508 e. The van der Waals surface area contributed by atoms with Crippen molar-refractivity contribution in [1.82, 2.24) is 24.0 Å². The molecule has 1 atom stereocenters. The van der Waals surface area contributed by atoms with Gasteiger partial charge in [0.2, 0.25) is 0 Å². The highest BCUT2D eigenvalue weighted by Crippen LogP contribution is 2.16. The summed E-state index contributed by atoms with van der Waals surface area (Å²) in [5.41, 5.74) is 0.623. The second-order valence-electron chi connectivity index (χ2n) is 6.13. The van der Waals surface area contributed by atoms with Crippen LogP contribution < -0.4 is 16.6 Å². The molecule has 0 saturated heterocycles. The van der Waals surface area contributed by atoms with Gasteiger partial charge in [0.1, 0.15) is 5.75 Å². The lowest BCUT2D eigenvalue weighted by Crippen LogP contribution is -2.37. The Hall–Kier alpha value is -2.91. The van der Waals surface area contributed by atoms with Gasteiger partial charge in [-0.1, -0.05) is 12.1 Å². The number of nitrogens with zero attached hydrogens (tertiary/aromatic N) is 4. The van der Waals surface area contributed by atoms with Crippen molar-refractivity contribution in [3.8, 4) is 5.75 Å². The van der Waals surface area contributed by atoms with Crippen molar-refractivity contribution < 1.29 is 10.2 Å². The number of aromatic hydroxyl groups is 1. The van der Waals surface area contributed by atoms with Crippen LogP contribution in [0.1, 0.15) is 11.7 Å². The van der Waals surface area contributed by atoms with Crippen molar-refractivity contribution in [2.24, 2.45) is 14.1 Å². The molecule has 3 rings (SSSR count). The topological polar surface area (TPSA) is 114 Å². The molecule has 9 heteroatoms. The third-order valence-corrected chi connectivity index (χ3v) is 4.36. The molecular weight excluding hydrogens is 338 g/mol. The van der Waals surface area contributed by atoms with Gasteiger partial charge in [0, 0.05) is 33.7 Å². The summed E-state index contributed by atoms with van der Waals surface area (Å²) in [7, 11) is 3.02. The number of aryl methyl sites for hydroxylation is 1. The van der Waals surface area contributed by atoms with E-state index < -0.39 is 11.8 Å². The summed E-state index contributed by atoms with van der Waals surface area (Å²) in [5, 5.41) is 22.5. The number of rotatable bonds is 6. The van der Waals surface area contributed by atoms with Gasteiger partial charge in [-0.2, -0.15) is 0 Å². The summed E-state index contributed by atoms with van der Waals surface area (Å²) in [6, 6.07) is 6.37. The highest BCUT2D eigenvalue weighted by molar-refractivity contribution is 5.69. The zero-order valence-corrected chi connectivity index (χ0v) is 14.6. The lowest BCUT2D eigenvalue weighted by Gasteiger charge is -2.13. The first-order valence-corrected chi connectivity index (χ1v) is 8.18. The van der Waals surface area contributed by atoms with Gasteiger partial charge in [0.25, 0.3) is 5.56 Å². The Balaban J connectivity index is 1.66. The fraction of sp³-hybridized carbons (Fsp3) is 0.353. The second kappa shape index (κ2) is 7.14. The molecule has 26 heavy (non-hydrogen) atoms. The maximum atomic E-state index is 12.3. The van der Waals surface area contributed by atoms with Crippen LogP contribution in [0.4, 0.5) is 0 Å². The van der Waals surface area contributed by atoms with Crippen molar-refractivity contribution in [2.45, 2.75) is 12.6 Å². The summed E-state index contributed by atoms with van der Waals surface area (Å²) in [6.45, 7) is 1.30. The molecule has 138 valence electrons. The van der Waals surface area contributed by atoms with Gasteiger partial charge >= 0.3 is 5.69 Å². The highest BCUT2D eigenvalue weighted by atomic mass is 16.3. The van der Waals surface area contributed by atoms with Crippen LogP contribution in [-0.2, 0) is 20.6 Å². The van der Waals surface area contributed by atoms with E-state index in [4.69, 9.17) is 0 Å². The molecule has 0 aliphatic heterocycles. The van der Waals surface area contributed by atoms with Crippen LogP contribution in [0, 0.1) is 0 Å². The maximum Gasteiger partial charge on any atom is 0.332 e. The van der Waals surface area contributed by atoms with E-state index in [1.54, 1.807) is 23.7 Å². The predicted octanol–water partition coefficient (Wildman–Crippen LogP) is -0.538. The first-order valence-electron chi connectivity index (χ1n) is 8.18. The summed E-state index contributed by atoms with van der Waals surface area (Å²) in [6.07, 6.45) is 0.827. The molecule has 0 amide bonds. The third-order valence-electron chi connectivity index (χ3n) is 4.36. The lowest BCUT2D eigenvalue weighted by molar-refractivity contribution is 0.174. The van der Waals surface area contributed by atoms with Crippen LogP contribution in [0.5, 0.6) is 5.75 Å². The van der Waals surface area contributed by atoms with Crippen LogP contribution >= 0.6 is 0 Å². The predicted molar refractivity (Wildman–Crippen MR) is 96.2 cm³/mol. The molecular formula is C17H21N5O4. The summed E-state index contributed by atoms with van der Waals surface area (Å²) in [4.78, 5) is 28.4. The Morgan fingerprint density at radius 2 is 1.85 bits per heavy atom. The van der Waals surface area contributed by atoms with E-state index >= 15 is 0 Å². The molecule has 1 unspecified atom stereocenters. The minimum absolute atomic E-state index is 0.150. The molecule has 0 spiro atoms. The van der Waals surface area contributed by atoms with Crippen molar-refractivity contribution in [3.63, 3.8) is 0 Å². The van der Waals surface area contributed by atoms with Crippen molar-refractivity contribution in [2.75, 3.05) is 13.1 Å². The van der Waals surface area contributed by atoms with E-state index in [-0.39, 0.29) is 11.3 Å². The fourth-order valence-corrected chi connectivity index (χ4v) is 2.82. The van der Waals surface area contributed by atoms with Crippen molar-refractivity contribution in [3.05, 3.63) is 57.0 Å². The van der Waals surface area contributed by atoms with Crippen molar-refractivity contribution >= 4 is 11.2 Å². The molecule has 0 saturated carbocycles. The van der Waals surface area contributed by atoms with Crippen LogP contribution in [-0.4, -0.2) is 42.0 Å². The number of hydrogen-bond donors (Lipinski definition) is 3. The van der Waals surface area contributed by atoms with E-state index in [1.165, 1.54) is 30.1 Å². The van der Waals surface area contributed by atoms with Gasteiger partial charge in [0.05, 0.1) is 12.4 Å². The first-order chi connectivity index (χ1) is 12.4. The number of aliphatic hydroxyl groups is 1. The Labute approximate surface area is 148 Å². The molecule has 2 aromatic heterocycles. The molecule has 0 radical (unpaired) electrons. The van der Waals surface area contributed by atoms with Crippen LogP contribution in [0.3, 0.4) is 0 Å². The van der Waals surface area contributed by atoms with E-state index in [2.05, 4.69) is 10.3 Å². The van der Waals surface area contributed by atoms with Crippen LogP contribution in [0.25, 0.3) is 11.2 Å². The number of aliphatic hydroxyl groups excluding tert-OH is 1. The SMILES string of the molecule is Cn1c(=O)c2c(ncn2CCNCC(O)c2ccc(O)cc2)n(C)c1=O. The number of hydrogen-bond acceptors (Lipinski definition) is 6. The molecule has 1 aromatic carbocycles. The zero-order chi connectivity index (χ0) is 18.8. The van der Waals surface area contributed by atoms with Gasteiger partial charge in [-0.25, -0.2) is 9.78 Å². The lowest BCUT2D eigenvalue weighted by atomic mass is 10.1. The standard InChI is InChI=1S/C17H21N5O4/c1-20-15-14(16(25)21(2)17(20)26)22(10-19-15)8-7-18-9-13(24)11-3-5-12(23)6-4-11/h3-6,10,13,18,23-24H,7-9H2,1-2H3. The van der Waals surface area contributed by atoms with Gasteiger partial charge in [0.15, 0.2) is 11.2 Å². The van der Waals surface area contributed by atoms with Gasteiger partial charge in [-0.15, -0.1) is 0 Å². The number of aromatic nitrogens is 4. The zero-order valence-electron chi connectivity index (χ0n) is 14.6. The molecule has 9 nitrogen and oxygen atoms in total. The average Bonchev–Trinajstić information content (AvgIpc) is 3.06. The van der Waals surface area contributed by atoms with Gasteiger partial charge in [-0.3, -0.25) is 13.9 Å². The fourth-order valence-electron chi connectivity index (χ4n) is 2.82. The molecule has 0 fully saturated rings. The molecule has 0 bridgehead atoms. The van der Waals surface area contributed by atoms with Crippen molar-refractivity contribution in [1.29, 1.82) is 0 Å². The summed E-state index contributed by atoms with van der Waals surface area (Å²) >= 11 is 0. The monoisotopic (exact) mass is 359 g/mol. The summed E-state index contributed by atoms with van der Waals surface area (Å²) < 4.78 is 4.09. The Kier molecular flexibility index (Phi) is 4.92. The van der Waals surface area contributed by atoms with Gasteiger partial charge < -0.3 is 20.1 Å². The van der Waals surface area contributed by atoms with E-state index in [9.17, 15) is 19.8 Å². The first kappa shape index (κ1) is 17.9. The number of phenols is 1. The summed E-state index contributed by atoms with van der Waals surface area (Å²) in [5.74, 6) is 0.150. The molecule has 3 N–H and O–H groups in total. The van der Waals surface area contributed by atoms with E-state index in [1.807, 2.05) is 0 Å². The molecule has 0 aliphatic rings. The second-order valence-corrected chi connectivity index (χ2v) is 6.13. The minimum atomic E-state index is -0.705. The van der Waals surface area contributed by atoms with Crippen LogP contribution in [0.15, 0.2) is 40.2 Å². The number of phenolic OH excluding ortho intramolecular Hbond substituents is 1. The highest BCUT2D eigenvalue weighted by Gasteiger charge is 2.14. The largest absolute Gasteiger partial charge is 0.508 e. The molecule has 0 aliphatic carbocycles. The van der Waals surface area contributed by atoms with Gasteiger partial charge in [-0.05, 0) is 17.7 Å². The smallest absolute Gasteiger partial charge is 0.332 e. The Bertz CT molecular complexity index is 1030. The van der Waals surface area contributed by atoms with E-state index in [0.29, 0.717) is 36.4 Å². The molecule has 2 heterocycles. The van der Waals surface area contributed by atoms with Crippen LogP contribution in [0.2, 0.25) is 0 Å².